The van der Waals surface area contributed by atoms with Crippen molar-refractivity contribution < 1.29 is 17.5 Å². The first kappa shape index (κ1) is 12.6. The van der Waals surface area contributed by atoms with Gasteiger partial charge in [-0.15, -0.1) is 0 Å². The molecule has 8 nitrogen and oxygen atoms in total. The largest absolute Gasteiger partial charge is 0.309 e. The summed E-state index contributed by atoms with van der Waals surface area (Å²) in [5.74, 6) is 0. The van der Waals surface area contributed by atoms with Crippen molar-refractivity contribution in [2.75, 3.05) is 12.9 Å². The van der Waals surface area contributed by atoms with E-state index < -0.39 is 15.0 Å². The topological polar surface area (TPSA) is 104 Å². The Morgan fingerprint density at radius 3 is 2.69 bits per heavy atom. The molecule has 0 saturated heterocycles. The number of aryl methyl sites for hydroxylation is 1. The van der Waals surface area contributed by atoms with E-state index in [1.165, 1.54) is 17.8 Å². The fourth-order valence-corrected chi connectivity index (χ4v) is 1.46. The fourth-order valence-electron chi connectivity index (χ4n) is 1.08. The highest BCUT2D eigenvalue weighted by atomic mass is 32.2. The minimum absolute atomic E-state index is 0.0978. The van der Waals surface area contributed by atoms with Crippen LogP contribution in [0.4, 0.5) is 5.69 Å². The van der Waals surface area contributed by atoms with E-state index in [0.717, 1.165) is 6.26 Å². The number of hydrogen-bond donors (Lipinski definition) is 0. The summed E-state index contributed by atoms with van der Waals surface area (Å²) in [6, 6.07) is 0. The van der Waals surface area contributed by atoms with Crippen LogP contribution in [0, 0.1) is 17.0 Å². The maximum atomic E-state index is 10.6. The van der Waals surface area contributed by atoms with Crippen LogP contribution in [0.1, 0.15) is 5.69 Å². The van der Waals surface area contributed by atoms with Gasteiger partial charge in [0.25, 0.3) is 10.1 Å². The second-order valence-electron chi connectivity index (χ2n) is 3.15. The van der Waals surface area contributed by atoms with Gasteiger partial charge in [0, 0.05) is 0 Å². The number of hydrogen-bond acceptors (Lipinski definition) is 6. The smallest absolute Gasteiger partial charge is 0.268 e. The monoisotopic (exact) mass is 249 g/mol. The van der Waals surface area contributed by atoms with Gasteiger partial charge >= 0.3 is 5.69 Å². The number of nitrogens with zero attached hydrogens (tertiary/aromatic N) is 3. The van der Waals surface area contributed by atoms with Gasteiger partial charge in [-0.1, -0.05) is 0 Å². The zero-order chi connectivity index (χ0) is 12.3. The molecule has 1 rings (SSSR count). The lowest BCUT2D eigenvalue weighted by molar-refractivity contribution is -0.385. The Hall–Kier alpha value is -1.48. The van der Waals surface area contributed by atoms with Gasteiger partial charge in [0.15, 0.2) is 0 Å². The van der Waals surface area contributed by atoms with Gasteiger partial charge in [-0.3, -0.25) is 19.0 Å². The predicted molar refractivity (Wildman–Crippen MR) is 54.4 cm³/mol. The Morgan fingerprint density at radius 2 is 2.25 bits per heavy atom. The maximum absolute atomic E-state index is 10.6. The summed E-state index contributed by atoms with van der Waals surface area (Å²) in [5, 5.41) is 14.3. The minimum atomic E-state index is -3.49. The minimum Gasteiger partial charge on any atom is -0.268 e. The van der Waals surface area contributed by atoms with Crippen LogP contribution < -0.4 is 0 Å². The van der Waals surface area contributed by atoms with E-state index in [2.05, 4.69) is 9.28 Å². The van der Waals surface area contributed by atoms with E-state index in [1.807, 2.05) is 0 Å². The molecule has 0 aliphatic carbocycles. The first-order valence-corrected chi connectivity index (χ1v) is 6.14. The summed E-state index contributed by atoms with van der Waals surface area (Å²) in [5.41, 5.74) is 0.184. The van der Waals surface area contributed by atoms with Gasteiger partial charge in [0.05, 0.1) is 24.3 Å². The molecule has 0 aliphatic rings. The fraction of sp³-hybridized carbons (Fsp3) is 0.571. The molecular formula is C7H11N3O5S. The third kappa shape index (κ3) is 3.59. The summed E-state index contributed by atoms with van der Waals surface area (Å²) in [7, 11) is -3.49. The van der Waals surface area contributed by atoms with Crippen molar-refractivity contribution >= 4 is 15.8 Å². The number of nitro groups is 1. The van der Waals surface area contributed by atoms with E-state index in [1.54, 1.807) is 0 Å². The van der Waals surface area contributed by atoms with Gasteiger partial charge in [-0.05, 0) is 6.92 Å². The van der Waals surface area contributed by atoms with Crippen molar-refractivity contribution in [2.24, 2.45) is 0 Å². The molecule has 0 aromatic carbocycles. The average Bonchev–Trinajstić information content (AvgIpc) is 2.44. The summed E-state index contributed by atoms with van der Waals surface area (Å²) < 4.78 is 27.0. The van der Waals surface area contributed by atoms with Gasteiger partial charge in [-0.25, -0.2) is 0 Å². The third-order valence-electron chi connectivity index (χ3n) is 1.73. The van der Waals surface area contributed by atoms with Crippen molar-refractivity contribution in [2.45, 2.75) is 13.5 Å². The summed E-state index contributed by atoms with van der Waals surface area (Å²) in [6.07, 6.45) is 2.17. The lowest BCUT2D eigenvalue weighted by atomic mass is 10.4. The van der Waals surface area contributed by atoms with Gasteiger partial charge in [-0.2, -0.15) is 13.5 Å². The molecule has 0 fully saturated rings. The van der Waals surface area contributed by atoms with Crippen molar-refractivity contribution in [1.29, 1.82) is 0 Å². The molecule has 0 amide bonds. The highest BCUT2D eigenvalue weighted by molar-refractivity contribution is 7.85. The van der Waals surface area contributed by atoms with Gasteiger partial charge in [0.2, 0.25) is 0 Å². The molecule has 16 heavy (non-hydrogen) atoms. The van der Waals surface area contributed by atoms with Crippen LogP contribution in [0.15, 0.2) is 6.20 Å². The highest BCUT2D eigenvalue weighted by Crippen LogP contribution is 2.14. The van der Waals surface area contributed by atoms with Crippen molar-refractivity contribution in [1.82, 2.24) is 9.78 Å². The van der Waals surface area contributed by atoms with E-state index in [9.17, 15) is 18.5 Å². The molecular weight excluding hydrogens is 238 g/mol. The van der Waals surface area contributed by atoms with Crippen LogP contribution in [0.2, 0.25) is 0 Å². The first-order valence-electron chi connectivity index (χ1n) is 4.32. The van der Waals surface area contributed by atoms with Crippen molar-refractivity contribution in [3.05, 3.63) is 22.0 Å². The van der Waals surface area contributed by atoms with E-state index >= 15 is 0 Å². The molecule has 0 bridgehead atoms. The normalized spacial score (nSPS) is 11.6. The maximum Gasteiger partial charge on any atom is 0.309 e. The second-order valence-corrected chi connectivity index (χ2v) is 4.79. The van der Waals surface area contributed by atoms with Gasteiger partial charge < -0.3 is 0 Å². The quantitative estimate of drug-likeness (QED) is 0.415. The number of rotatable bonds is 5. The summed E-state index contributed by atoms with van der Waals surface area (Å²) in [6.45, 7) is 1.55. The lowest BCUT2D eigenvalue weighted by Crippen LogP contribution is -2.10. The zero-order valence-electron chi connectivity index (χ0n) is 8.78. The van der Waals surface area contributed by atoms with E-state index in [-0.39, 0.29) is 24.5 Å². The van der Waals surface area contributed by atoms with Crippen LogP contribution in [0.5, 0.6) is 0 Å². The Kier molecular flexibility index (Phi) is 3.60. The molecule has 0 N–H and O–H groups in total. The Bertz CT molecular complexity index is 492. The molecule has 90 valence electrons. The first-order chi connectivity index (χ1) is 7.29. The molecule has 0 spiro atoms. The highest BCUT2D eigenvalue weighted by Gasteiger charge is 2.15. The molecule has 0 atom stereocenters. The Balaban J connectivity index is 2.62. The number of aromatic nitrogens is 2. The zero-order valence-corrected chi connectivity index (χ0v) is 9.60. The second kappa shape index (κ2) is 4.58. The predicted octanol–water partition coefficient (Wildman–Crippen LogP) is 0.0759. The molecule has 0 aliphatic heterocycles. The molecule has 9 heteroatoms. The van der Waals surface area contributed by atoms with Crippen LogP contribution in [-0.2, 0) is 20.8 Å². The molecule has 1 aromatic heterocycles. The Labute approximate surface area is 92.1 Å². The summed E-state index contributed by atoms with van der Waals surface area (Å²) in [4.78, 5) is 9.95. The van der Waals surface area contributed by atoms with Crippen LogP contribution in [0.3, 0.4) is 0 Å². The van der Waals surface area contributed by atoms with Crippen LogP contribution in [-0.4, -0.2) is 36.0 Å². The van der Waals surface area contributed by atoms with Crippen molar-refractivity contribution in [3.63, 3.8) is 0 Å². The summed E-state index contributed by atoms with van der Waals surface area (Å²) >= 11 is 0. The SMILES string of the molecule is Cc1nn(CCOS(C)(=O)=O)cc1[N+](=O)[O-]. The molecule has 0 unspecified atom stereocenters. The molecule has 1 heterocycles. The molecule has 1 aromatic rings. The van der Waals surface area contributed by atoms with Crippen LogP contribution in [0.25, 0.3) is 0 Å². The van der Waals surface area contributed by atoms with E-state index in [0.29, 0.717) is 0 Å². The molecule has 0 radical (unpaired) electrons. The molecule has 0 saturated carbocycles. The third-order valence-corrected chi connectivity index (χ3v) is 2.33. The lowest BCUT2D eigenvalue weighted by Gasteiger charge is -2.00. The van der Waals surface area contributed by atoms with Crippen molar-refractivity contribution in [3.8, 4) is 0 Å². The van der Waals surface area contributed by atoms with E-state index in [4.69, 9.17) is 0 Å². The van der Waals surface area contributed by atoms with Gasteiger partial charge in [0.1, 0.15) is 11.9 Å². The average molecular weight is 249 g/mol. The standard InChI is InChI=1S/C7H11N3O5S/c1-6-7(10(11)12)5-9(8-6)3-4-15-16(2,13)14/h5H,3-4H2,1-2H3. The van der Waals surface area contributed by atoms with Crippen LogP contribution >= 0.6 is 0 Å². The Morgan fingerprint density at radius 1 is 1.62 bits per heavy atom.